The number of carbonyl (C=O) groups excluding carboxylic acids is 1. The van der Waals surface area contributed by atoms with Gasteiger partial charge in [0, 0.05) is 23.4 Å². The molecule has 0 aliphatic carbocycles. The Labute approximate surface area is 138 Å². The zero-order chi connectivity index (χ0) is 16.6. The zero-order valence-corrected chi connectivity index (χ0v) is 14.2. The van der Waals surface area contributed by atoms with E-state index in [-0.39, 0.29) is 11.3 Å². The first-order valence-corrected chi connectivity index (χ1v) is 8.36. The lowest BCUT2D eigenvalue weighted by Gasteiger charge is -2.09. The van der Waals surface area contributed by atoms with Gasteiger partial charge in [-0.25, -0.2) is 4.98 Å². The Morgan fingerprint density at radius 2 is 1.91 bits per heavy atom. The van der Waals surface area contributed by atoms with Crippen molar-refractivity contribution in [2.75, 3.05) is 0 Å². The lowest BCUT2D eigenvalue weighted by Crippen LogP contribution is -2.24. The van der Waals surface area contributed by atoms with E-state index in [2.05, 4.69) is 4.98 Å². The molecule has 3 aromatic rings. The number of Topliss-reactive ketones (excluding diaryl/α,β-unsaturated/α-hetero) is 1. The van der Waals surface area contributed by atoms with Gasteiger partial charge in [0.2, 0.25) is 0 Å². The first kappa shape index (κ1) is 15.6. The summed E-state index contributed by atoms with van der Waals surface area (Å²) >= 11 is 1.54. The Morgan fingerprint density at radius 1 is 1.22 bits per heavy atom. The Balaban J connectivity index is 2.27. The fourth-order valence-electron chi connectivity index (χ4n) is 2.78. The lowest BCUT2D eigenvalue weighted by molar-refractivity contribution is -0.117. The van der Waals surface area contributed by atoms with E-state index < -0.39 is 0 Å². The van der Waals surface area contributed by atoms with Crippen molar-refractivity contribution in [2.45, 2.75) is 33.7 Å². The van der Waals surface area contributed by atoms with Crippen LogP contribution in [0.15, 0.2) is 35.1 Å². The zero-order valence-electron chi connectivity index (χ0n) is 13.4. The van der Waals surface area contributed by atoms with Gasteiger partial charge in [-0.3, -0.25) is 14.2 Å². The van der Waals surface area contributed by atoms with E-state index >= 15 is 0 Å². The summed E-state index contributed by atoms with van der Waals surface area (Å²) in [7, 11) is 0. The summed E-state index contributed by atoms with van der Waals surface area (Å²) in [5, 5.41) is 0.660. The van der Waals surface area contributed by atoms with Crippen LogP contribution in [0.3, 0.4) is 0 Å². The fourth-order valence-corrected chi connectivity index (χ4v) is 3.86. The highest BCUT2D eigenvalue weighted by Gasteiger charge is 2.18. The van der Waals surface area contributed by atoms with E-state index in [4.69, 9.17) is 0 Å². The largest absolute Gasteiger partial charge is 0.300 e. The minimum absolute atomic E-state index is 0.0584. The number of aryl methyl sites for hydroxylation is 2. The van der Waals surface area contributed by atoms with Crippen LogP contribution < -0.4 is 5.56 Å². The molecule has 2 aromatic heterocycles. The molecule has 0 aliphatic heterocycles. The number of hydrogen-bond acceptors (Lipinski definition) is 4. The molecule has 0 aliphatic rings. The molecule has 4 nitrogen and oxygen atoms in total. The van der Waals surface area contributed by atoms with E-state index in [0.717, 1.165) is 20.8 Å². The Bertz CT molecular complexity index is 939. The molecule has 0 saturated carbocycles. The summed E-state index contributed by atoms with van der Waals surface area (Å²) in [5.41, 5.74) is 1.92. The third kappa shape index (κ3) is 2.84. The van der Waals surface area contributed by atoms with Crippen LogP contribution in [0.5, 0.6) is 0 Å². The van der Waals surface area contributed by atoms with Crippen molar-refractivity contribution in [1.82, 2.24) is 9.55 Å². The van der Waals surface area contributed by atoms with Crippen LogP contribution >= 0.6 is 11.3 Å². The van der Waals surface area contributed by atoms with Gasteiger partial charge in [0.15, 0.2) is 0 Å². The number of hydrogen-bond donors (Lipinski definition) is 0. The number of thiophene rings is 1. The molecule has 0 radical (unpaired) electrons. The number of carbonyl (C=O) groups is 1. The average molecular weight is 326 g/mol. The summed E-state index contributed by atoms with van der Waals surface area (Å²) < 4.78 is 1.61. The predicted octanol–water partition coefficient (Wildman–Crippen LogP) is 3.72. The van der Waals surface area contributed by atoms with E-state index in [1.807, 2.05) is 44.2 Å². The summed E-state index contributed by atoms with van der Waals surface area (Å²) in [6.45, 7) is 5.75. The molecule has 0 N–H and O–H groups in total. The van der Waals surface area contributed by atoms with E-state index in [0.29, 0.717) is 24.2 Å². The third-order valence-corrected chi connectivity index (χ3v) is 4.93. The molecule has 0 fully saturated rings. The second-order valence-corrected chi connectivity index (χ2v) is 6.85. The van der Waals surface area contributed by atoms with Crippen LogP contribution in [0.25, 0.3) is 21.3 Å². The van der Waals surface area contributed by atoms with Gasteiger partial charge >= 0.3 is 0 Å². The van der Waals surface area contributed by atoms with E-state index in [1.54, 1.807) is 15.9 Å². The van der Waals surface area contributed by atoms with Crippen LogP contribution in [0.2, 0.25) is 0 Å². The second kappa shape index (κ2) is 6.08. The maximum atomic E-state index is 13.0. The molecular weight excluding hydrogens is 308 g/mol. The fraction of sp³-hybridized carbons (Fsp3) is 0.278. The van der Waals surface area contributed by atoms with Crippen LogP contribution in [-0.4, -0.2) is 15.3 Å². The van der Waals surface area contributed by atoms with Crippen molar-refractivity contribution < 1.29 is 4.79 Å². The molecule has 0 spiro atoms. The molecule has 0 bridgehead atoms. The smallest absolute Gasteiger partial charge is 0.262 e. The second-order valence-electron chi connectivity index (χ2n) is 5.65. The lowest BCUT2D eigenvalue weighted by atomic mass is 10.0. The predicted molar refractivity (Wildman–Crippen MR) is 94.1 cm³/mol. The number of rotatable bonds is 4. The molecule has 2 heterocycles. The molecule has 118 valence electrons. The number of fused-ring (bicyclic) bond motifs is 1. The highest BCUT2D eigenvalue weighted by molar-refractivity contribution is 7.19. The number of aromatic nitrogens is 2. The molecule has 0 saturated heterocycles. The summed E-state index contributed by atoms with van der Waals surface area (Å²) in [6, 6.07) is 9.91. The van der Waals surface area contributed by atoms with Gasteiger partial charge in [0.25, 0.3) is 5.56 Å². The van der Waals surface area contributed by atoms with Crippen molar-refractivity contribution in [3.05, 3.63) is 51.4 Å². The van der Waals surface area contributed by atoms with Crippen LogP contribution in [0.4, 0.5) is 0 Å². The summed E-state index contributed by atoms with van der Waals surface area (Å²) in [4.78, 5) is 30.7. The van der Waals surface area contributed by atoms with Crippen LogP contribution in [-0.2, 0) is 11.3 Å². The summed E-state index contributed by atoms with van der Waals surface area (Å²) in [5.74, 6) is 0.728. The van der Waals surface area contributed by atoms with Crippen LogP contribution in [0, 0.1) is 13.8 Å². The third-order valence-electron chi connectivity index (χ3n) is 3.93. The molecule has 0 atom stereocenters. The quantitative estimate of drug-likeness (QED) is 0.734. The molecule has 23 heavy (non-hydrogen) atoms. The Morgan fingerprint density at radius 3 is 2.57 bits per heavy atom. The van der Waals surface area contributed by atoms with Gasteiger partial charge < -0.3 is 0 Å². The minimum Gasteiger partial charge on any atom is -0.300 e. The number of ketones is 1. The van der Waals surface area contributed by atoms with Crippen molar-refractivity contribution in [3.63, 3.8) is 0 Å². The van der Waals surface area contributed by atoms with Crippen molar-refractivity contribution >= 4 is 27.3 Å². The van der Waals surface area contributed by atoms with Gasteiger partial charge in [-0.05, 0) is 26.3 Å². The maximum Gasteiger partial charge on any atom is 0.262 e. The highest BCUT2D eigenvalue weighted by atomic mass is 32.1. The van der Waals surface area contributed by atoms with Crippen LogP contribution in [0.1, 0.15) is 24.0 Å². The van der Waals surface area contributed by atoms with Gasteiger partial charge in [-0.15, -0.1) is 11.3 Å². The van der Waals surface area contributed by atoms with Gasteiger partial charge in [-0.2, -0.15) is 0 Å². The van der Waals surface area contributed by atoms with Gasteiger partial charge in [-0.1, -0.05) is 30.3 Å². The molecule has 0 unspecified atom stereocenters. The van der Waals surface area contributed by atoms with Crippen molar-refractivity contribution in [1.29, 1.82) is 0 Å². The SMILES string of the molecule is CC(=O)CCn1c(C)nc2sc(C)c(-c3ccccc3)c2c1=O. The average Bonchev–Trinajstić information content (AvgIpc) is 2.83. The normalized spacial score (nSPS) is 11.1. The van der Waals surface area contributed by atoms with Gasteiger partial charge in [0.1, 0.15) is 16.4 Å². The molecule has 3 rings (SSSR count). The standard InChI is InChI=1S/C18H18N2O2S/c1-11(21)9-10-20-13(3)19-17-16(18(20)22)15(12(2)23-17)14-7-5-4-6-8-14/h4-8H,9-10H2,1-3H3. The monoisotopic (exact) mass is 326 g/mol. The molecule has 0 amide bonds. The van der Waals surface area contributed by atoms with E-state index in [1.165, 1.54) is 6.92 Å². The van der Waals surface area contributed by atoms with Crippen molar-refractivity contribution in [2.24, 2.45) is 0 Å². The van der Waals surface area contributed by atoms with Crippen molar-refractivity contribution in [3.8, 4) is 11.1 Å². The number of benzene rings is 1. The maximum absolute atomic E-state index is 13.0. The molecule has 1 aromatic carbocycles. The summed E-state index contributed by atoms with van der Waals surface area (Å²) in [6.07, 6.45) is 0.345. The highest BCUT2D eigenvalue weighted by Crippen LogP contribution is 2.35. The van der Waals surface area contributed by atoms with Gasteiger partial charge in [0.05, 0.1) is 5.39 Å². The molecule has 5 heteroatoms. The van der Waals surface area contributed by atoms with E-state index in [9.17, 15) is 9.59 Å². The Kier molecular flexibility index (Phi) is 4.13. The Hall–Kier alpha value is -2.27. The number of nitrogens with zero attached hydrogens (tertiary/aromatic N) is 2. The minimum atomic E-state index is -0.0584. The first-order valence-electron chi connectivity index (χ1n) is 7.54. The molecular formula is C18H18N2O2S. The topological polar surface area (TPSA) is 52.0 Å². The first-order chi connectivity index (χ1) is 11.0.